The molecule has 0 amide bonds. The maximum Gasteiger partial charge on any atom is 0.244 e. The van der Waals surface area contributed by atoms with Crippen LogP contribution in [0.4, 0.5) is 5.95 Å². The summed E-state index contributed by atoms with van der Waals surface area (Å²) in [5.74, 6) is 1.78. The maximum atomic E-state index is 5.84. The average Bonchev–Trinajstić information content (AvgIpc) is 2.93. The summed E-state index contributed by atoms with van der Waals surface area (Å²) in [4.78, 5) is 6.83. The Balaban J connectivity index is 1.81. The topological polar surface area (TPSA) is 80.1 Å². The monoisotopic (exact) mass is 281 g/mol. The van der Waals surface area contributed by atoms with Crippen molar-refractivity contribution in [2.24, 2.45) is 11.1 Å². The molecule has 0 aromatic carbocycles. The van der Waals surface area contributed by atoms with Gasteiger partial charge in [-0.3, -0.25) is 5.10 Å². The predicted molar refractivity (Wildman–Crippen MR) is 79.8 cm³/mol. The highest BCUT2D eigenvalue weighted by atomic mass is 16.5. The van der Waals surface area contributed by atoms with Crippen LogP contribution in [0.1, 0.15) is 38.9 Å². The Morgan fingerprint density at radius 3 is 2.80 bits per heavy atom. The number of nitrogens with zero attached hydrogens (tertiary/aromatic N) is 3. The Hall–Kier alpha value is -1.14. The van der Waals surface area contributed by atoms with Crippen LogP contribution < -0.4 is 10.6 Å². The van der Waals surface area contributed by atoms with Crippen molar-refractivity contribution in [2.45, 2.75) is 39.5 Å². The number of piperidine rings is 1. The zero-order chi connectivity index (χ0) is 14.4. The Kier molecular flexibility index (Phi) is 5.37. The second-order valence-electron chi connectivity index (χ2n) is 5.88. The molecule has 1 aliphatic rings. The Bertz CT molecular complexity index is 398. The highest BCUT2D eigenvalue weighted by molar-refractivity contribution is 5.29. The Labute approximate surface area is 121 Å². The lowest BCUT2D eigenvalue weighted by Crippen LogP contribution is -2.42. The number of nitrogens with two attached hydrogens (primary N) is 1. The molecular formula is C14H27N5O. The van der Waals surface area contributed by atoms with Gasteiger partial charge in [0, 0.05) is 32.7 Å². The van der Waals surface area contributed by atoms with E-state index in [0.717, 1.165) is 70.3 Å². The van der Waals surface area contributed by atoms with Gasteiger partial charge in [0.05, 0.1) is 0 Å². The van der Waals surface area contributed by atoms with Crippen molar-refractivity contribution in [3.63, 3.8) is 0 Å². The van der Waals surface area contributed by atoms with Crippen LogP contribution in [0, 0.1) is 5.41 Å². The first-order chi connectivity index (χ1) is 9.67. The standard InChI is InChI=1S/C14H27N5O/c1-3-20-10-4-5-12-16-13(18-17-12)19-8-6-14(2,11-15)7-9-19/h3-11,15H2,1-2H3,(H,16,17,18). The summed E-state index contributed by atoms with van der Waals surface area (Å²) in [6, 6.07) is 0. The van der Waals surface area contributed by atoms with E-state index in [4.69, 9.17) is 10.5 Å². The Morgan fingerprint density at radius 1 is 1.40 bits per heavy atom. The van der Waals surface area contributed by atoms with Crippen molar-refractivity contribution in [2.75, 3.05) is 37.7 Å². The average molecular weight is 281 g/mol. The summed E-state index contributed by atoms with van der Waals surface area (Å²) in [6.07, 6.45) is 4.09. The van der Waals surface area contributed by atoms with Crippen LogP contribution in [0.25, 0.3) is 0 Å². The minimum Gasteiger partial charge on any atom is -0.382 e. The first kappa shape index (κ1) is 15.3. The number of anilines is 1. The summed E-state index contributed by atoms with van der Waals surface area (Å²) in [5, 5.41) is 7.36. The van der Waals surface area contributed by atoms with Gasteiger partial charge >= 0.3 is 0 Å². The maximum absolute atomic E-state index is 5.84. The highest BCUT2D eigenvalue weighted by Crippen LogP contribution is 2.30. The molecule has 0 aliphatic carbocycles. The number of aromatic nitrogens is 3. The van der Waals surface area contributed by atoms with E-state index < -0.39 is 0 Å². The first-order valence-electron chi connectivity index (χ1n) is 7.61. The zero-order valence-corrected chi connectivity index (χ0v) is 12.7. The minimum atomic E-state index is 0.285. The van der Waals surface area contributed by atoms with E-state index in [9.17, 15) is 0 Å². The smallest absolute Gasteiger partial charge is 0.244 e. The number of aromatic amines is 1. The van der Waals surface area contributed by atoms with Crippen molar-refractivity contribution in [1.29, 1.82) is 0 Å². The van der Waals surface area contributed by atoms with E-state index in [0.29, 0.717) is 0 Å². The molecule has 0 bridgehead atoms. The van der Waals surface area contributed by atoms with Crippen LogP contribution in [0.3, 0.4) is 0 Å². The van der Waals surface area contributed by atoms with Crippen LogP contribution in [0.5, 0.6) is 0 Å². The number of rotatable bonds is 7. The molecule has 6 heteroatoms. The second kappa shape index (κ2) is 7.04. The lowest BCUT2D eigenvalue weighted by Gasteiger charge is -2.38. The van der Waals surface area contributed by atoms with Crippen LogP contribution in [-0.4, -0.2) is 48.0 Å². The van der Waals surface area contributed by atoms with Crippen molar-refractivity contribution >= 4 is 5.95 Å². The number of ether oxygens (including phenoxy) is 1. The van der Waals surface area contributed by atoms with Crippen LogP contribution in [0.2, 0.25) is 0 Å². The first-order valence-corrected chi connectivity index (χ1v) is 7.61. The van der Waals surface area contributed by atoms with Gasteiger partial charge in [-0.25, -0.2) is 0 Å². The van der Waals surface area contributed by atoms with Crippen molar-refractivity contribution in [1.82, 2.24) is 15.2 Å². The molecule has 0 atom stereocenters. The van der Waals surface area contributed by atoms with Crippen LogP contribution >= 0.6 is 0 Å². The van der Waals surface area contributed by atoms with E-state index in [-0.39, 0.29) is 5.41 Å². The number of aryl methyl sites for hydroxylation is 1. The molecular weight excluding hydrogens is 254 g/mol. The van der Waals surface area contributed by atoms with Crippen molar-refractivity contribution < 1.29 is 4.74 Å². The number of H-pyrrole nitrogens is 1. The van der Waals surface area contributed by atoms with E-state index >= 15 is 0 Å². The van der Waals surface area contributed by atoms with Gasteiger partial charge in [-0.05, 0) is 38.1 Å². The molecule has 0 saturated carbocycles. The molecule has 1 fully saturated rings. The van der Waals surface area contributed by atoms with Gasteiger partial charge in [-0.1, -0.05) is 6.92 Å². The van der Waals surface area contributed by atoms with Crippen LogP contribution in [0.15, 0.2) is 0 Å². The van der Waals surface area contributed by atoms with E-state index in [1.165, 1.54) is 0 Å². The Morgan fingerprint density at radius 2 is 2.15 bits per heavy atom. The summed E-state index contributed by atoms with van der Waals surface area (Å²) in [7, 11) is 0. The van der Waals surface area contributed by atoms with Crippen LogP contribution in [-0.2, 0) is 11.2 Å². The van der Waals surface area contributed by atoms with Gasteiger partial charge in [0.25, 0.3) is 0 Å². The van der Waals surface area contributed by atoms with Gasteiger partial charge in [-0.15, -0.1) is 5.10 Å². The summed E-state index contributed by atoms with van der Waals surface area (Å²) in [6.45, 7) is 8.57. The minimum absolute atomic E-state index is 0.285. The van der Waals surface area contributed by atoms with Gasteiger partial charge in [0.1, 0.15) is 5.82 Å². The third-order valence-corrected chi connectivity index (χ3v) is 4.17. The molecule has 1 aromatic heterocycles. The molecule has 1 saturated heterocycles. The lowest BCUT2D eigenvalue weighted by molar-refractivity contribution is 0.145. The SMILES string of the molecule is CCOCCCc1nc(N2CCC(C)(CN)CC2)n[nH]1. The normalized spacial score (nSPS) is 18.4. The highest BCUT2D eigenvalue weighted by Gasteiger charge is 2.29. The van der Waals surface area contributed by atoms with Gasteiger partial charge < -0.3 is 15.4 Å². The molecule has 0 radical (unpaired) electrons. The number of hydrogen-bond acceptors (Lipinski definition) is 5. The lowest BCUT2D eigenvalue weighted by atomic mass is 9.81. The molecule has 2 heterocycles. The molecule has 0 spiro atoms. The quantitative estimate of drug-likeness (QED) is 0.737. The number of hydrogen-bond donors (Lipinski definition) is 2. The second-order valence-corrected chi connectivity index (χ2v) is 5.88. The van der Waals surface area contributed by atoms with Gasteiger partial charge in [0.2, 0.25) is 5.95 Å². The molecule has 1 aliphatic heterocycles. The fraction of sp³-hybridized carbons (Fsp3) is 0.857. The molecule has 20 heavy (non-hydrogen) atoms. The van der Waals surface area contributed by atoms with E-state index in [1.54, 1.807) is 0 Å². The summed E-state index contributed by atoms with van der Waals surface area (Å²) >= 11 is 0. The summed E-state index contributed by atoms with van der Waals surface area (Å²) < 4.78 is 5.33. The van der Waals surface area contributed by atoms with Crippen molar-refractivity contribution in [3.8, 4) is 0 Å². The molecule has 0 unspecified atom stereocenters. The third-order valence-electron chi connectivity index (χ3n) is 4.17. The summed E-state index contributed by atoms with van der Waals surface area (Å²) in [5.41, 5.74) is 6.12. The largest absolute Gasteiger partial charge is 0.382 e. The number of nitrogens with one attached hydrogen (secondary N) is 1. The molecule has 2 rings (SSSR count). The van der Waals surface area contributed by atoms with E-state index in [2.05, 4.69) is 27.0 Å². The fourth-order valence-electron chi connectivity index (χ4n) is 2.48. The molecule has 114 valence electrons. The molecule has 3 N–H and O–H groups in total. The van der Waals surface area contributed by atoms with Gasteiger partial charge in [-0.2, -0.15) is 4.98 Å². The molecule has 1 aromatic rings. The van der Waals surface area contributed by atoms with Gasteiger partial charge in [0.15, 0.2) is 0 Å². The fourth-order valence-corrected chi connectivity index (χ4v) is 2.48. The van der Waals surface area contributed by atoms with E-state index in [1.807, 2.05) is 6.92 Å². The van der Waals surface area contributed by atoms with Crippen molar-refractivity contribution in [3.05, 3.63) is 5.82 Å². The zero-order valence-electron chi connectivity index (χ0n) is 12.7. The predicted octanol–water partition coefficient (Wildman–Crippen LogP) is 1.34. The molecule has 6 nitrogen and oxygen atoms in total. The third kappa shape index (κ3) is 3.93.